The van der Waals surface area contributed by atoms with Crippen LogP contribution in [0.15, 0.2) is 0 Å². The molecule has 1 N–H and O–H groups in total. The van der Waals surface area contributed by atoms with Crippen molar-refractivity contribution in [1.29, 1.82) is 0 Å². The molecule has 1 unspecified atom stereocenters. The Kier molecular flexibility index (Phi) is 6.43. The van der Waals surface area contributed by atoms with Gasteiger partial charge in [0.2, 0.25) is 5.91 Å². The first kappa shape index (κ1) is 16.6. The molecular formula is C13H21ClF3NO. The van der Waals surface area contributed by atoms with Gasteiger partial charge in [-0.3, -0.25) is 4.79 Å². The van der Waals surface area contributed by atoms with Gasteiger partial charge in [-0.2, -0.15) is 13.2 Å². The lowest BCUT2D eigenvalue weighted by atomic mass is 9.81. The lowest BCUT2D eigenvalue weighted by molar-refractivity contribution is -0.184. The summed E-state index contributed by atoms with van der Waals surface area (Å²) in [5.41, 5.74) is 0. The van der Waals surface area contributed by atoms with Crippen LogP contribution in [0.4, 0.5) is 13.2 Å². The number of nitrogens with one attached hydrogen (secondary N) is 1. The largest absolute Gasteiger partial charge is 0.391 e. The van der Waals surface area contributed by atoms with E-state index in [9.17, 15) is 18.0 Å². The van der Waals surface area contributed by atoms with Gasteiger partial charge in [-0.05, 0) is 32.1 Å². The molecule has 1 aliphatic carbocycles. The maximum atomic E-state index is 12.5. The molecule has 6 heteroatoms. The molecule has 0 aromatic heterocycles. The predicted molar refractivity (Wildman–Crippen MR) is 69.1 cm³/mol. The molecule has 0 spiro atoms. The average Bonchev–Trinajstić information content (AvgIpc) is 2.35. The summed E-state index contributed by atoms with van der Waals surface area (Å²) in [6.45, 7) is 2.41. The molecule has 0 bridgehead atoms. The Labute approximate surface area is 117 Å². The fourth-order valence-electron chi connectivity index (χ4n) is 2.45. The minimum atomic E-state index is -4.12. The number of alkyl halides is 4. The minimum absolute atomic E-state index is 0.0564. The molecule has 0 heterocycles. The van der Waals surface area contributed by atoms with E-state index < -0.39 is 12.1 Å². The first-order valence-electron chi connectivity index (χ1n) is 6.83. The molecule has 1 atom stereocenters. The van der Waals surface area contributed by atoms with Gasteiger partial charge in [-0.15, -0.1) is 11.6 Å². The molecule has 0 saturated heterocycles. The molecule has 1 amide bonds. The second kappa shape index (κ2) is 7.36. The van der Waals surface area contributed by atoms with Crippen LogP contribution in [0, 0.1) is 11.8 Å². The van der Waals surface area contributed by atoms with Crippen LogP contribution in [0.25, 0.3) is 0 Å². The number of halogens is 4. The average molecular weight is 300 g/mol. The third-order valence-corrected chi connectivity index (χ3v) is 4.03. The van der Waals surface area contributed by atoms with E-state index in [1.54, 1.807) is 0 Å². The van der Waals surface area contributed by atoms with E-state index in [2.05, 4.69) is 5.32 Å². The fraction of sp³-hybridized carbons (Fsp3) is 0.923. The van der Waals surface area contributed by atoms with Gasteiger partial charge in [0, 0.05) is 12.5 Å². The van der Waals surface area contributed by atoms with Gasteiger partial charge < -0.3 is 5.32 Å². The van der Waals surface area contributed by atoms with E-state index in [4.69, 9.17) is 11.6 Å². The van der Waals surface area contributed by atoms with Crippen molar-refractivity contribution in [1.82, 2.24) is 5.32 Å². The maximum absolute atomic E-state index is 12.5. The van der Waals surface area contributed by atoms with E-state index in [-0.39, 0.29) is 30.0 Å². The molecule has 0 radical (unpaired) electrons. The summed E-state index contributed by atoms with van der Waals surface area (Å²) in [7, 11) is 0. The molecule has 0 aromatic carbocycles. The van der Waals surface area contributed by atoms with E-state index >= 15 is 0 Å². The van der Waals surface area contributed by atoms with Gasteiger partial charge in [0.1, 0.15) is 0 Å². The van der Waals surface area contributed by atoms with Crippen molar-refractivity contribution in [3.8, 4) is 0 Å². The maximum Gasteiger partial charge on any atom is 0.391 e. The molecule has 1 saturated carbocycles. The molecule has 1 rings (SSSR count). The van der Waals surface area contributed by atoms with Crippen molar-refractivity contribution in [2.45, 2.75) is 57.0 Å². The highest BCUT2D eigenvalue weighted by Gasteiger charge is 2.42. The second-order valence-corrected chi connectivity index (χ2v) is 5.84. The molecule has 0 aliphatic heterocycles. The van der Waals surface area contributed by atoms with Crippen molar-refractivity contribution in [3.05, 3.63) is 0 Å². The van der Waals surface area contributed by atoms with Crippen LogP contribution in [0.2, 0.25) is 0 Å². The number of hydrogen-bond donors (Lipinski definition) is 1. The third kappa shape index (κ3) is 5.59. The van der Waals surface area contributed by atoms with Crippen molar-refractivity contribution in [2.75, 3.05) is 6.54 Å². The number of rotatable bonds is 5. The van der Waals surface area contributed by atoms with Gasteiger partial charge in [-0.25, -0.2) is 0 Å². The molecule has 1 aliphatic rings. The molecule has 2 nitrogen and oxygen atoms in total. The zero-order valence-corrected chi connectivity index (χ0v) is 11.9. The Morgan fingerprint density at radius 3 is 2.37 bits per heavy atom. The van der Waals surface area contributed by atoms with E-state index in [1.165, 1.54) is 0 Å². The van der Waals surface area contributed by atoms with E-state index in [1.807, 2.05) is 6.92 Å². The van der Waals surface area contributed by atoms with Gasteiger partial charge in [0.25, 0.3) is 0 Å². The minimum Gasteiger partial charge on any atom is -0.354 e. The first-order valence-corrected chi connectivity index (χ1v) is 7.26. The number of carbonyl (C=O) groups excluding carboxylic acids is 1. The van der Waals surface area contributed by atoms with Gasteiger partial charge in [-0.1, -0.05) is 13.3 Å². The van der Waals surface area contributed by atoms with Gasteiger partial charge in [0.15, 0.2) is 0 Å². The van der Waals surface area contributed by atoms with Gasteiger partial charge >= 0.3 is 6.18 Å². The highest BCUT2D eigenvalue weighted by Crippen LogP contribution is 2.39. The van der Waals surface area contributed by atoms with Crippen LogP contribution in [0.3, 0.4) is 0 Å². The highest BCUT2D eigenvalue weighted by atomic mass is 35.5. The normalized spacial score (nSPS) is 25.9. The summed E-state index contributed by atoms with van der Waals surface area (Å²) in [5.74, 6) is -1.68. The highest BCUT2D eigenvalue weighted by molar-refractivity contribution is 6.20. The summed E-state index contributed by atoms with van der Waals surface area (Å²) in [6.07, 6.45) is -1.61. The fourth-order valence-corrected chi connectivity index (χ4v) is 2.75. The van der Waals surface area contributed by atoms with Gasteiger partial charge in [0.05, 0.1) is 11.3 Å². The van der Waals surface area contributed by atoms with Crippen LogP contribution >= 0.6 is 11.6 Å². The van der Waals surface area contributed by atoms with Crippen LogP contribution in [-0.2, 0) is 4.79 Å². The smallest absolute Gasteiger partial charge is 0.354 e. The Morgan fingerprint density at radius 2 is 1.89 bits per heavy atom. The monoisotopic (exact) mass is 299 g/mol. The Bertz CT molecular complexity index is 288. The second-order valence-electron chi connectivity index (χ2n) is 5.22. The van der Waals surface area contributed by atoms with Crippen LogP contribution < -0.4 is 5.32 Å². The van der Waals surface area contributed by atoms with Crippen LogP contribution in [0.5, 0.6) is 0 Å². The van der Waals surface area contributed by atoms with Crippen molar-refractivity contribution in [2.24, 2.45) is 11.8 Å². The van der Waals surface area contributed by atoms with Crippen LogP contribution in [0.1, 0.15) is 45.4 Å². The summed E-state index contributed by atoms with van der Waals surface area (Å²) >= 11 is 5.98. The first-order chi connectivity index (χ1) is 8.84. The number of amides is 1. The number of carbonyl (C=O) groups is 1. The SMILES string of the molecule is CCCC(Cl)CNC(=O)C1CCC(C(F)(F)F)CC1. The van der Waals surface area contributed by atoms with Crippen molar-refractivity contribution in [3.63, 3.8) is 0 Å². The predicted octanol–water partition coefficient (Wildman–Crippen LogP) is 3.88. The Morgan fingerprint density at radius 1 is 1.32 bits per heavy atom. The summed E-state index contributed by atoms with van der Waals surface area (Å²) in [5, 5.41) is 2.64. The topological polar surface area (TPSA) is 29.1 Å². The summed E-state index contributed by atoms with van der Waals surface area (Å²) in [6, 6.07) is 0. The quantitative estimate of drug-likeness (QED) is 0.767. The van der Waals surface area contributed by atoms with Crippen molar-refractivity contribution >= 4 is 17.5 Å². The Hall–Kier alpha value is -0.450. The molecule has 1 fully saturated rings. The number of hydrogen-bond acceptors (Lipinski definition) is 1. The van der Waals surface area contributed by atoms with Crippen molar-refractivity contribution < 1.29 is 18.0 Å². The standard InChI is InChI=1S/C13H21ClF3NO/c1-2-3-11(14)8-18-12(19)9-4-6-10(7-5-9)13(15,16)17/h9-11H,2-8H2,1H3,(H,18,19). The van der Waals surface area contributed by atoms with E-state index in [0.29, 0.717) is 19.4 Å². The van der Waals surface area contributed by atoms with E-state index in [0.717, 1.165) is 12.8 Å². The molecule has 112 valence electrons. The van der Waals surface area contributed by atoms with Crippen LogP contribution in [-0.4, -0.2) is 24.0 Å². The summed E-state index contributed by atoms with van der Waals surface area (Å²) < 4.78 is 37.5. The zero-order valence-electron chi connectivity index (χ0n) is 11.1. The molecule has 0 aromatic rings. The molecular weight excluding hydrogens is 279 g/mol. The molecule has 19 heavy (non-hydrogen) atoms. The summed E-state index contributed by atoms with van der Waals surface area (Å²) in [4.78, 5) is 11.8. The lowest BCUT2D eigenvalue weighted by Gasteiger charge is -2.29. The zero-order chi connectivity index (χ0) is 14.5. The lowest BCUT2D eigenvalue weighted by Crippen LogP contribution is -2.38. The third-order valence-electron chi connectivity index (χ3n) is 3.66. The Balaban J connectivity index is 2.29.